The fraction of sp³-hybridized carbons (Fsp3) is 0.550. The summed E-state index contributed by atoms with van der Waals surface area (Å²) >= 11 is 1.68. The molecule has 0 spiro atoms. The molecule has 0 aliphatic carbocycles. The van der Waals surface area contributed by atoms with E-state index in [0.29, 0.717) is 13.1 Å². The van der Waals surface area contributed by atoms with E-state index in [1.165, 1.54) is 0 Å². The van der Waals surface area contributed by atoms with Crippen molar-refractivity contribution in [2.75, 3.05) is 6.54 Å². The molecular formula is C20H32N2O2SSi. The van der Waals surface area contributed by atoms with Crippen LogP contribution in [0.1, 0.15) is 55.4 Å². The number of aliphatic hydroxyl groups excluding tert-OH is 1. The van der Waals surface area contributed by atoms with Crippen LogP contribution >= 0.6 is 11.3 Å². The molecule has 0 radical (unpaired) electrons. The molecule has 2 aromatic rings. The summed E-state index contributed by atoms with van der Waals surface area (Å²) < 4.78 is 6.43. The first-order valence-electron chi connectivity index (χ1n) is 9.16. The maximum absolute atomic E-state index is 10.2. The summed E-state index contributed by atoms with van der Waals surface area (Å²) in [4.78, 5) is 5.71. The molecule has 0 saturated carbocycles. The Morgan fingerprint density at radius 1 is 1.23 bits per heavy atom. The summed E-state index contributed by atoms with van der Waals surface area (Å²) in [6, 6.07) is 9.72. The fourth-order valence-corrected chi connectivity index (χ4v) is 4.69. The molecule has 26 heavy (non-hydrogen) atoms. The molecule has 2 atom stereocenters. The lowest BCUT2D eigenvalue weighted by molar-refractivity contribution is 0.174. The second kappa shape index (κ2) is 8.76. The SMILES string of the molecule is C[C@H](O[Si](C)(C)C(C)(C)C)c1ncc(CNC[C@@H](O)c2ccccc2)s1. The number of benzene rings is 1. The molecular weight excluding hydrogens is 360 g/mol. The predicted molar refractivity (Wildman–Crippen MR) is 112 cm³/mol. The minimum absolute atomic E-state index is 0.0181. The largest absolute Gasteiger partial charge is 0.408 e. The van der Waals surface area contributed by atoms with Gasteiger partial charge in [-0.25, -0.2) is 4.98 Å². The number of nitrogens with zero attached hydrogens (tertiary/aromatic N) is 1. The van der Waals surface area contributed by atoms with E-state index in [1.807, 2.05) is 36.5 Å². The molecule has 0 amide bonds. The summed E-state index contributed by atoms with van der Waals surface area (Å²) in [6.07, 6.45) is 1.43. The van der Waals surface area contributed by atoms with E-state index in [0.717, 1.165) is 15.4 Å². The molecule has 0 aliphatic heterocycles. The number of rotatable bonds is 8. The van der Waals surface area contributed by atoms with E-state index in [-0.39, 0.29) is 11.1 Å². The average molecular weight is 393 g/mol. The van der Waals surface area contributed by atoms with E-state index < -0.39 is 14.4 Å². The van der Waals surface area contributed by atoms with Gasteiger partial charge in [-0.2, -0.15) is 0 Å². The highest BCUT2D eigenvalue weighted by Crippen LogP contribution is 2.40. The first-order valence-corrected chi connectivity index (χ1v) is 12.9. The van der Waals surface area contributed by atoms with E-state index in [1.54, 1.807) is 11.3 Å². The van der Waals surface area contributed by atoms with Gasteiger partial charge in [-0.3, -0.25) is 0 Å². The van der Waals surface area contributed by atoms with Gasteiger partial charge in [0.05, 0.1) is 12.2 Å². The molecule has 6 heteroatoms. The van der Waals surface area contributed by atoms with Crippen LogP contribution in [0.15, 0.2) is 36.5 Å². The van der Waals surface area contributed by atoms with Crippen molar-refractivity contribution in [1.82, 2.24) is 10.3 Å². The Labute approximate surface area is 162 Å². The lowest BCUT2D eigenvalue weighted by Gasteiger charge is -2.38. The summed E-state index contributed by atoms with van der Waals surface area (Å²) in [5, 5.41) is 14.7. The number of thiazole rings is 1. The molecule has 0 bridgehead atoms. The molecule has 0 fully saturated rings. The van der Waals surface area contributed by atoms with Gasteiger partial charge in [0.25, 0.3) is 0 Å². The topological polar surface area (TPSA) is 54.4 Å². The lowest BCUT2D eigenvalue weighted by atomic mass is 10.1. The molecule has 1 aromatic heterocycles. The van der Waals surface area contributed by atoms with Crippen molar-refractivity contribution in [1.29, 1.82) is 0 Å². The molecule has 0 saturated heterocycles. The molecule has 144 valence electrons. The average Bonchev–Trinajstić information content (AvgIpc) is 3.03. The summed E-state index contributed by atoms with van der Waals surface area (Å²) in [5.41, 5.74) is 0.932. The van der Waals surface area contributed by atoms with Crippen LogP contribution in [-0.2, 0) is 11.0 Å². The highest BCUT2D eigenvalue weighted by atomic mass is 32.1. The molecule has 2 N–H and O–H groups in total. The number of hydrogen-bond donors (Lipinski definition) is 2. The van der Waals surface area contributed by atoms with Crippen LogP contribution in [0.3, 0.4) is 0 Å². The molecule has 1 heterocycles. The van der Waals surface area contributed by atoms with Crippen LogP contribution in [0.25, 0.3) is 0 Å². The third-order valence-corrected chi connectivity index (χ3v) is 10.7. The maximum Gasteiger partial charge on any atom is 0.193 e. The lowest BCUT2D eigenvalue weighted by Crippen LogP contribution is -2.41. The van der Waals surface area contributed by atoms with Crippen molar-refractivity contribution >= 4 is 19.7 Å². The van der Waals surface area contributed by atoms with Gasteiger partial charge in [-0.15, -0.1) is 11.3 Å². The van der Waals surface area contributed by atoms with Gasteiger partial charge in [0.15, 0.2) is 8.32 Å². The monoisotopic (exact) mass is 392 g/mol. The van der Waals surface area contributed by atoms with Crippen LogP contribution < -0.4 is 5.32 Å². The Hall–Kier alpha value is -1.05. The number of aliphatic hydroxyl groups is 1. The van der Waals surface area contributed by atoms with Crippen molar-refractivity contribution in [3.8, 4) is 0 Å². The number of nitrogens with one attached hydrogen (secondary N) is 1. The van der Waals surface area contributed by atoms with Crippen LogP contribution in [0.2, 0.25) is 18.1 Å². The second-order valence-electron chi connectivity index (χ2n) is 8.24. The second-order valence-corrected chi connectivity index (χ2v) is 14.1. The molecule has 2 rings (SSSR count). The zero-order chi connectivity index (χ0) is 19.4. The number of hydrogen-bond acceptors (Lipinski definition) is 5. The van der Waals surface area contributed by atoms with E-state index >= 15 is 0 Å². The van der Waals surface area contributed by atoms with Crippen LogP contribution in [0.4, 0.5) is 0 Å². The van der Waals surface area contributed by atoms with Crippen molar-refractivity contribution in [3.63, 3.8) is 0 Å². The van der Waals surface area contributed by atoms with E-state index in [9.17, 15) is 5.11 Å². The fourth-order valence-electron chi connectivity index (χ4n) is 2.39. The Morgan fingerprint density at radius 3 is 2.50 bits per heavy atom. The van der Waals surface area contributed by atoms with E-state index in [4.69, 9.17) is 4.43 Å². The van der Waals surface area contributed by atoms with Crippen molar-refractivity contribution in [3.05, 3.63) is 52.0 Å². The Balaban J connectivity index is 1.85. The van der Waals surface area contributed by atoms with Crippen LogP contribution in [0, 0.1) is 0 Å². The summed E-state index contributed by atoms with van der Waals surface area (Å²) in [6.45, 7) is 14.6. The van der Waals surface area contributed by atoms with Crippen molar-refractivity contribution in [2.24, 2.45) is 0 Å². The van der Waals surface area contributed by atoms with Gasteiger partial charge in [0.2, 0.25) is 0 Å². The summed E-state index contributed by atoms with van der Waals surface area (Å²) in [7, 11) is -1.80. The molecule has 1 aromatic carbocycles. The van der Waals surface area contributed by atoms with Crippen molar-refractivity contribution < 1.29 is 9.53 Å². The van der Waals surface area contributed by atoms with Gasteiger partial charge >= 0.3 is 0 Å². The standard InChI is InChI=1S/C20H32N2O2SSi/c1-15(24-26(5,6)20(2,3)4)19-22-13-17(25-19)12-21-14-18(23)16-10-8-7-9-11-16/h7-11,13,15,18,21,23H,12,14H2,1-6H3/t15-,18+/m0/s1. The highest BCUT2D eigenvalue weighted by molar-refractivity contribution is 7.11. The third-order valence-electron chi connectivity index (χ3n) is 5.02. The Bertz CT molecular complexity index is 683. The van der Waals surface area contributed by atoms with Gasteiger partial charge in [0.1, 0.15) is 5.01 Å². The quantitative estimate of drug-likeness (QED) is 0.617. The van der Waals surface area contributed by atoms with Crippen LogP contribution in [0.5, 0.6) is 0 Å². The molecule has 0 unspecified atom stereocenters. The Kier molecular flexibility index (Phi) is 7.16. The zero-order valence-electron chi connectivity index (χ0n) is 16.7. The molecule has 0 aliphatic rings. The van der Waals surface area contributed by atoms with Gasteiger partial charge in [-0.05, 0) is 30.6 Å². The minimum Gasteiger partial charge on any atom is -0.408 e. The first kappa shape index (κ1) is 21.2. The Morgan fingerprint density at radius 2 is 1.88 bits per heavy atom. The normalized spacial score (nSPS) is 15.0. The van der Waals surface area contributed by atoms with Gasteiger partial charge < -0.3 is 14.8 Å². The third kappa shape index (κ3) is 5.72. The van der Waals surface area contributed by atoms with E-state index in [2.05, 4.69) is 51.1 Å². The van der Waals surface area contributed by atoms with Gasteiger partial charge in [-0.1, -0.05) is 51.1 Å². The zero-order valence-corrected chi connectivity index (χ0v) is 18.6. The number of aromatic nitrogens is 1. The first-order chi connectivity index (χ1) is 12.1. The smallest absolute Gasteiger partial charge is 0.193 e. The maximum atomic E-state index is 10.2. The highest BCUT2D eigenvalue weighted by Gasteiger charge is 2.39. The minimum atomic E-state index is -1.80. The summed E-state index contributed by atoms with van der Waals surface area (Å²) in [5.74, 6) is 0. The molecule has 4 nitrogen and oxygen atoms in total. The van der Waals surface area contributed by atoms with Crippen molar-refractivity contribution in [2.45, 2.75) is 64.6 Å². The predicted octanol–water partition coefficient (Wildman–Crippen LogP) is 5.05. The van der Waals surface area contributed by atoms with Crippen LogP contribution in [-0.4, -0.2) is 25.0 Å². The van der Waals surface area contributed by atoms with Gasteiger partial charge in [0, 0.05) is 24.2 Å².